The predicted octanol–water partition coefficient (Wildman–Crippen LogP) is 3.74. The number of rotatable bonds is 8. The molecule has 1 aromatic heterocycles. The SMILES string of the molecule is Cc1ncccc1O[C@H]1C[C@@H]2CN(CC(CCCO)c3ccc(O)cc3)C[C@@H]2C1. The molecule has 5 nitrogen and oxygen atoms in total. The second-order valence-corrected chi connectivity index (χ2v) is 8.69. The van der Waals surface area contributed by atoms with Crippen molar-refractivity contribution in [3.05, 3.63) is 53.9 Å². The van der Waals surface area contributed by atoms with Crippen LogP contribution in [0.4, 0.5) is 0 Å². The van der Waals surface area contributed by atoms with E-state index in [2.05, 4.69) is 9.88 Å². The van der Waals surface area contributed by atoms with Gasteiger partial charge in [0.2, 0.25) is 0 Å². The summed E-state index contributed by atoms with van der Waals surface area (Å²) in [5.41, 5.74) is 2.22. The van der Waals surface area contributed by atoms with Crippen LogP contribution >= 0.6 is 0 Å². The third kappa shape index (κ3) is 4.90. The zero-order valence-corrected chi connectivity index (χ0v) is 17.2. The van der Waals surface area contributed by atoms with Crippen molar-refractivity contribution in [2.75, 3.05) is 26.2 Å². The molecule has 2 aromatic rings. The van der Waals surface area contributed by atoms with Crippen molar-refractivity contribution in [2.45, 2.75) is 44.6 Å². The molecule has 2 heterocycles. The van der Waals surface area contributed by atoms with Gasteiger partial charge in [0, 0.05) is 32.4 Å². The summed E-state index contributed by atoms with van der Waals surface area (Å²) in [6, 6.07) is 11.5. The van der Waals surface area contributed by atoms with Gasteiger partial charge >= 0.3 is 0 Å². The van der Waals surface area contributed by atoms with E-state index < -0.39 is 0 Å². The Bertz CT molecular complexity index is 781. The van der Waals surface area contributed by atoms with Crippen LogP contribution in [-0.2, 0) is 0 Å². The van der Waals surface area contributed by atoms with Crippen LogP contribution in [0.3, 0.4) is 0 Å². The maximum Gasteiger partial charge on any atom is 0.140 e. The van der Waals surface area contributed by atoms with Crippen molar-refractivity contribution in [3.8, 4) is 11.5 Å². The normalized spacial score (nSPS) is 25.1. The van der Waals surface area contributed by atoms with Gasteiger partial charge in [0.15, 0.2) is 0 Å². The number of likely N-dealkylation sites (tertiary alicyclic amines) is 1. The summed E-state index contributed by atoms with van der Waals surface area (Å²) in [7, 11) is 0. The number of benzene rings is 1. The van der Waals surface area contributed by atoms with E-state index in [-0.39, 0.29) is 6.61 Å². The van der Waals surface area contributed by atoms with E-state index in [4.69, 9.17) is 4.74 Å². The number of aromatic nitrogens is 1. The van der Waals surface area contributed by atoms with Crippen molar-refractivity contribution in [1.82, 2.24) is 9.88 Å². The Morgan fingerprint density at radius 2 is 1.86 bits per heavy atom. The van der Waals surface area contributed by atoms with Gasteiger partial charge in [0.05, 0.1) is 11.8 Å². The first-order valence-electron chi connectivity index (χ1n) is 10.8. The molecule has 1 saturated heterocycles. The lowest BCUT2D eigenvalue weighted by molar-refractivity contribution is 0.181. The molecule has 156 valence electrons. The lowest BCUT2D eigenvalue weighted by Crippen LogP contribution is -2.29. The zero-order chi connectivity index (χ0) is 20.2. The van der Waals surface area contributed by atoms with Crippen LogP contribution in [0.15, 0.2) is 42.6 Å². The lowest BCUT2D eigenvalue weighted by atomic mass is 9.93. The number of hydrogen-bond acceptors (Lipinski definition) is 5. The fraction of sp³-hybridized carbons (Fsp3) is 0.542. The molecule has 0 spiro atoms. The topological polar surface area (TPSA) is 65.8 Å². The number of aliphatic hydroxyl groups excluding tert-OH is 1. The van der Waals surface area contributed by atoms with Gasteiger partial charge < -0.3 is 19.8 Å². The van der Waals surface area contributed by atoms with Crippen LogP contribution < -0.4 is 4.74 Å². The molecule has 5 heteroatoms. The molecule has 4 rings (SSSR count). The van der Waals surface area contributed by atoms with Crippen LogP contribution in [0.5, 0.6) is 11.5 Å². The average molecular weight is 397 g/mol. The Morgan fingerprint density at radius 3 is 2.52 bits per heavy atom. The lowest BCUT2D eigenvalue weighted by Gasteiger charge is -2.25. The van der Waals surface area contributed by atoms with Crippen molar-refractivity contribution in [2.24, 2.45) is 11.8 Å². The summed E-state index contributed by atoms with van der Waals surface area (Å²) < 4.78 is 6.26. The van der Waals surface area contributed by atoms with E-state index in [1.54, 1.807) is 12.1 Å². The summed E-state index contributed by atoms with van der Waals surface area (Å²) in [4.78, 5) is 6.92. The fourth-order valence-electron chi connectivity index (χ4n) is 5.12. The number of aromatic hydroxyl groups is 1. The summed E-state index contributed by atoms with van der Waals surface area (Å²) in [6.07, 6.45) is 6.14. The number of fused-ring (bicyclic) bond motifs is 1. The smallest absolute Gasteiger partial charge is 0.140 e. The molecule has 2 N–H and O–H groups in total. The first-order valence-corrected chi connectivity index (χ1v) is 10.8. The Labute approximate surface area is 173 Å². The van der Waals surface area contributed by atoms with Crippen LogP contribution in [-0.4, -0.2) is 52.4 Å². The van der Waals surface area contributed by atoms with Crippen LogP contribution in [0.2, 0.25) is 0 Å². The number of phenols is 1. The van der Waals surface area contributed by atoms with E-state index in [0.29, 0.717) is 29.6 Å². The van der Waals surface area contributed by atoms with Crippen LogP contribution in [0, 0.1) is 18.8 Å². The van der Waals surface area contributed by atoms with Crippen LogP contribution in [0.1, 0.15) is 42.9 Å². The van der Waals surface area contributed by atoms with Gasteiger partial charge in [0.1, 0.15) is 11.5 Å². The monoisotopic (exact) mass is 396 g/mol. The number of phenolic OH excluding ortho intramolecular Hbond substituents is 1. The van der Waals surface area contributed by atoms with Crippen molar-refractivity contribution >= 4 is 0 Å². The van der Waals surface area contributed by atoms with Gasteiger partial charge in [-0.3, -0.25) is 4.98 Å². The number of hydrogen-bond donors (Lipinski definition) is 2. The maximum atomic E-state index is 9.59. The first-order chi connectivity index (χ1) is 14.1. The van der Waals surface area contributed by atoms with Gasteiger partial charge in [-0.05, 0) is 80.2 Å². The average Bonchev–Trinajstić information content (AvgIpc) is 3.25. The predicted molar refractivity (Wildman–Crippen MR) is 113 cm³/mol. The molecular formula is C24H32N2O3. The molecule has 2 fully saturated rings. The number of aliphatic hydroxyl groups is 1. The Kier molecular flexibility index (Phi) is 6.36. The molecule has 0 amide bonds. The Hall–Kier alpha value is -2.11. The van der Waals surface area contributed by atoms with Crippen molar-refractivity contribution in [3.63, 3.8) is 0 Å². The van der Waals surface area contributed by atoms with Crippen LogP contribution in [0.25, 0.3) is 0 Å². The van der Waals surface area contributed by atoms with E-state index in [9.17, 15) is 10.2 Å². The molecule has 1 saturated carbocycles. The van der Waals surface area contributed by atoms with Crippen molar-refractivity contribution in [1.29, 1.82) is 0 Å². The quantitative estimate of drug-likeness (QED) is 0.712. The molecule has 1 aliphatic heterocycles. The van der Waals surface area contributed by atoms with Gasteiger partial charge in [-0.25, -0.2) is 0 Å². The largest absolute Gasteiger partial charge is 0.508 e. The zero-order valence-electron chi connectivity index (χ0n) is 17.2. The molecule has 1 unspecified atom stereocenters. The van der Waals surface area contributed by atoms with E-state index >= 15 is 0 Å². The number of nitrogens with zero attached hydrogens (tertiary/aromatic N) is 2. The molecule has 1 aliphatic carbocycles. The summed E-state index contributed by atoms with van der Waals surface area (Å²) in [6.45, 7) is 5.51. The minimum Gasteiger partial charge on any atom is -0.508 e. The molecule has 1 aromatic carbocycles. The van der Waals surface area contributed by atoms with E-state index in [1.807, 2.05) is 37.4 Å². The molecule has 29 heavy (non-hydrogen) atoms. The standard InChI is InChI=1S/C24H32N2O3/c1-17-24(5-2-10-25-17)29-23-12-20-15-26(16-21(20)13-23)14-19(4-3-11-27)18-6-8-22(28)9-7-18/h2,5-10,19-21,23,27-28H,3-4,11-16H2,1H3/t19?,20-,21+,23+. The molecule has 4 atom stereocenters. The second kappa shape index (κ2) is 9.14. The highest BCUT2D eigenvalue weighted by Gasteiger charge is 2.42. The van der Waals surface area contributed by atoms with Crippen molar-refractivity contribution < 1.29 is 14.9 Å². The minimum absolute atomic E-state index is 0.229. The second-order valence-electron chi connectivity index (χ2n) is 8.69. The summed E-state index contributed by atoms with van der Waals surface area (Å²) in [5.74, 6) is 3.03. The molecular weight excluding hydrogens is 364 g/mol. The maximum absolute atomic E-state index is 9.59. The van der Waals surface area contributed by atoms with Gasteiger partial charge in [-0.2, -0.15) is 0 Å². The Balaban J connectivity index is 1.33. The highest BCUT2D eigenvalue weighted by Crippen LogP contribution is 2.41. The van der Waals surface area contributed by atoms with Gasteiger partial charge in [-0.1, -0.05) is 12.1 Å². The number of aryl methyl sites for hydroxylation is 1. The Morgan fingerprint density at radius 1 is 1.14 bits per heavy atom. The molecule has 0 bridgehead atoms. The molecule has 2 aliphatic rings. The summed E-state index contributed by atoms with van der Waals surface area (Å²) in [5, 5.41) is 18.9. The van der Waals surface area contributed by atoms with Gasteiger partial charge in [0.25, 0.3) is 0 Å². The summed E-state index contributed by atoms with van der Waals surface area (Å²) >= 11 is 0. The van der Waals surface area contributed by atoms with E-state index in [1.165, 1.54) is 5.56 Å². The highest BCUT2D eigenvalue weighted by atomic mass is 16.5. The highest BCUT2D eigenvalue weighted by molar-refractivity contribution is 5.29. The fourth-order valence-corrected chi connectivity index (χ4v) is 5.12. The first kappa shape index (κ1) is 20.2. The third-order valence-corrected chi connectivity index (χ3v) is 6.59. The van der Waals surface area contributed by atoms with Gasteiger partial charge in [-0.15, -0.1) is 0 Å². The third-order valence-electron chi connectivity index (χ3n) is 6.59. The number of pyridine rings is 1. The molecule has 0 radical (unpaired) electrons. The minimum atomic E-state index is 0.229. The van der Waals surface area contributed by atoms with E-state index in [0.717, 1.165) is 56.8 Å². The number of ether oxygens (including phenoxy) is 1.